The van der Waals surface area contributed by atoms with E-state index in [1.54, 1.807) is 0 Å². The molecule has 0 aliphatic carbocycles. The van der Waals surface area contributed by atoms with Gasteiger partial charge in [-0.05, 0) is 44.5 Å². The highest BCUT2D eigenvalue weighted by Gasteiger charge is 2.33. The number of amides is 1. The largest absolute Gasteiger partial charge is 0.310 e. The topological polar surface area (TPSA) is 23.6 Å². The van der Waals surface area contributed by atoms with Crippen molar-refractivity contribution in [3.05, 3.63) is 29.8 Å². The Hall–Kier alpha value is -1.35. The minimum absolute atomic E-state index is 0.0879. The Labute approximate surface area is 108 Å². The number of hydrogen-bond donors (Lipinski definition) is 0. The van der Waals surface area contributed by atoms with Gasteiger partial charge in [-0.3, -0.25) is 9.69 Å². The van der Waals surface area contributed by atoms with Crippen LogP contribution in [0.4, 0.5) is 5.69 Å². The van der Waals surface area contributed by atoms with E-state index in [0.717, 1.165) is 31.6 Å². The molecule has 1 saturated heterocycles. The number of carbonyl (C=O) groups excluding carboxylic acids is 1. The molecule has 3 heteroatoms. The first kappa shape index (κ1) is 11.7. The fraction of sp³-hybridized carbons (Fsp3) is 0.533. The van der Waals surface area contributed by atoms with E-state index in [-0.39, 0.29) is 6.04 Å². The van der Waals surface area contributed by atoms with Crippen LogP contribution in [0.25, 0.3) is 0 Å². The lowest BCUT2D eigenvalue weighted by atomic mass is 10.0. The average molecular weight is 244 g/mol. The van der Waals surface area contributed by atoms with Crippen LogP contribution < -0.4 is 4.90 Å². The number of rotatable bonds is 1. The molecule has 1 unspecified atom stereocenters. The van der Waals surface area contributed by atoms with Gasteiger partial charge < -0.3 is 4.90 Å². The molecule has 0 N–H and O–H groups in total. The van der Waals surface area contributed by atoms with Gasteiger partial charge in [0.15, 0.2) is 0 Å². The van der Waals surface area contributed by atoms with E-state index in [4.69, 9.17) is 0 Å². The number of likely N-dealkylation sites (N-methyl/N-ethyl adjacent to an activating group) is 1. The summed E-state index contributed by atoms with van der Waals surface area (Å²) in [6, 6.07) is 8.37. The fourth-order valence-electron chi connectivity index (χ4n) is 3.13. The molecule has 0 spiro atoms. The van der Waals surface area contributed by atoms with Crippen molar-refractivity contribution in [3.63, 3.8) is 0 Å². The minimum Gasteiger partial charge on any atom is -0.310 e. The number of nitrogens with zero attached hydrogens (tertiary/aromatic N) is 2. The van der Waals surface area contributed by atoms with Crippen molar-refractivity contribution < 1.29 is 4.79 Å². The molecule has 0 radical (unpaired) electrons. The molecule has 0 bridgehead atoms. The first-order chi connectivity index (χ1) is 8.77. The summed E-state index contributed by atoms with van der Waals surface area (Å²) in [4.78, 5) is 16.9. The third-order valence-corrected chi connectivity index (χ3v) is 4.21. The van der Waals surface area contributed by atoms with Crippen LogP contribution >= 0.6 is 0 Å². The second-order valence-corrected chi connectivity index (χ2v) is 5.36. The Morgan fingerprint density at radius 2 is 2.06 bits per heavy atom. The Morgan fingerprint density at radius 3 is 2.89 bits per heavy atom. The van der Waals surface area contributed by atoms with Crippen molar-refractivity contribution in [1.82, 2.24) is 4.90 Å². The van der Waals surface area contributed by atoms with Crippen LogP contribution in [-0.2, 0) is 11.2 Å². The summed E-state index contributed by atoms with van der Waals surface area (Å²) in [5, 5.41) is 0. The third-order valence-electron chi connectivity index (χ3n) is 4.21. The summed E-state index contributed by atoms with van der Waals surface area (Å²) < 4.78 is 0. The summed E-state index contributed by atoms with van der Waals surface area (Å²) in [6.07, 6.45) is 4.40. The molecule has 1 aromatic rings. The molecule has 0 saturated carbocycles. The molecule has 3 rings (SSSR count). The predicted molar refractivity (Wildman–Crippen MR) is 72.8 cm³/mol. The molecule has 2 heterocycles. The van der Waals surface area contributed by atoms with Crippen molar-refractivity contribution in [2.75, 3.05) is 25.0 Å². The number of fused-ring (bicyclic) bond motifs is 1. The number of benzene rings is 1. The van der Waals surface area contributed by atoms with Gasteiger partial charge in [0.25, 0.3) is 0 Å². The number of hydrogen-bond acceptors (Lipinski definition) is 2. The quantitative estimate of drug-likeness (QED) is 0.755. The lowest BCUT2D eigenvalue weighted by Crippen LogP contribution is -2.49. The SMILES string of the molecule is CN1CCCCC1C(=O)N1CCc2ccccc21. The molecule has 2 aliphatic heterocycles. The van der Waals surface area contributed by atoms with Gasteiger partial charge in [0.1, 0.15) is 0 Å². The van der Waals surface area contributed by atoms with Gasteiger partial charge in [-0.2, -0.15) is 0 Å². The molecule has 2 aliphatic rings. The number of anilines is 1. The normalized spacial score (nSPS) is 24.1. The van der Waals surface area contributed by atoms with Gasteiger partial charge in [-0.15, -0.1) is 0 Å². The van der Waals surface area contributed by atoms with Crippen LogP contribution in [0.1, 0.15) is 24.8 Å². The van der Waals surface area contributed by atoms with E-state index in [1.165, 1.54) is 18.4 Å². The monoisotopic (exact) mass is 244 g/mol. The molecule has 1 amide bonds. The van der Waals surface area contributed by atoms with Crippen LogP contribution in [0, 0.1) is 0 Å². The number of piperidine rings is 1. The smallest absolute Gasteiger partial charge is 0.244 e. The van der Waals surface area contributed by atoms with E-state index in [2.05, 4.69) is 30.1 Å². The molecule has 3 nitrogen and oxygen atoms in total. The standard InChI is InChI=1S/C15H20N2O/c1-16-10-5-4-8-14(16)15(18)17-11-9-12-6-2-3-7-13(12)17/h2-3,6-7,14H,4-5,8-11H2,1H3. The van der Waals surface area contributed by atoms with Gasteiger partial charge >= 0.3 is 0 Å². The number of likely N-dealkylation sites (tertiary alicyclic amines) is 1. The van der Waals surface area contributed by atoms with Gasteiger partial charge in [-0.25, -0.2) is 0 Å². The number of carbonyl (C=O) groups is 1. The van der Waals surface area contributed by atoms with Crippen LogP contribution in [0.15, 0.2) is 24.3 Å². The van der Waals surface area contributed by atoms with E-state index in [0.29, 0.717) is 5.91 Å². The Morgan fingerprint density at radius 1 is 1.22 bits per heavy atom. The predicted octanol–water partition coefficient (Wildman–Crippen LogP) is 2.06. The minimum atomic E-state index is 0.0879. The van der Waals surface area contributed by atoms with Crippen LogP contribution in [0.3, 0.4) is 0 Å². The first-order valence-corrected chi connectivity index (χ1v) is 6.87. The second kappa shape index (κ2) is 4.73. The highest BCUT2D eigenvalue weighted by Crippen LogP contribution is 2.29. The molecule has 1 atom stereocenters. The van der Waals surface area contributed by atoms with E-state index < -0.39 is 0 Å². The average Bonchev–Trinajstić information content (AvgIpc) is 2.82. The molecule has 1 fully saturated rings. The van der Waals surface area contributed by atoms with Crippen molar-refractivity contribution in [2.45, 2.75) is 31.7 Å². The molecule has 1 aromatic carbocycles. The second-order valence-electron chi connectivity index (χ2n) is 5.36. The van der Waals surface area contributed by atoms with E-state index in [9.17, 15) is 4.79 Å². The van der Waals surface area contributed by atoms with Crippen LogP contribution in [0.2, 0.25) is 0 Å². The maximum atomic E-state index is 12.7. The van der Waals surface area contributed by atoms with Crippen molar-refractivity contribution in [3.8, 4) is 0 Å². The van der Waals surface area contributed by atoms with E-state index >= 15 is 0 Å². The Bertz CT molecular complexity index is 458. The summed E-state index contributed by atoms with van der Waals surface area (Å²) in [7, 11) is 2.07. The highest BCUT2D eigenvalue weighted by molar-refractivity contribution is 5.99. The zero-order valence-corrected chi connectivity index (χ0v) is 10.9. The van der Waals surface area contributed by atoms with Crippen molar-refractivity contribution in [2.24, 2.45) is 0 Å². The maximum Gasteiger partial charge on any atom is 0.244 e. The lowest BCUT2D eigenvalue weighted by molar-refractivity contribution is -0.124. The van der Waals surface area contributed by atoms with Gasteiger partial charge in [0.05, 0.1) is 6.04 Å². The zero-order valence-electron chi connectivity index (χ0n) is 10.9. The molecule has 0 aromatic heterocycles. The Balaban J connectivity index is 1.82. The van der Waals surface area contributed by atoms with Gasteiger partial charge in [0.2, 0.25) is 5.91 Å². The molecular weight excluding hydrogens is 224 g/mol. The number of para-hydroxylation sites is 1. The highest BCUT2D eigenvalue weighted by atomic mass is 16.2. The lowest BCUT2D eigenvalue weighted by Gasteiger charge is -2.34. The van der Waals surface area contributed by atoms with Gasteiger partial charge in [0, 0.05) is 12.2 Å². The molecule has 96 valence electrons. The van der Waals surface area contributed by atoms with Crippen LogP contribution in [-0.4, -0.2) is 37.0 Å². The van der Waals surface area contributed by atoms with Gasteiger partial charge in [-0.1, -0.05) is 24.6 Å². The third kappa shape index (κ3) is 1.93. The van der Waals surface area contributed by atoms with Crippen LogP contribution in [0.5, 0.6) is 0 Å². The summed E-state index contributed by atoms with van der Waals surface area (Å²) in [5.74, 6) is 0.294. The molecular formula is C15H20N2O. The van der Waals surface area contributed by atoms with Crippen molar-refractivity contribution >= 4 is 11.6 Å². The van der Waals surface area contributed by atoms with E-state index in [1.807, 2.05) is 11.0 Å². The maximum absolute atomic E-state index is 12.7. The van der Waals surface area contributed by atoms with Crippen molar-refractivity contribution in [1.29, 1.82) is 0 Å². The molecule has 18 heavy (non-hydrogen) atoms. The summed E-state index contributed by atoms with van der Waals surface area (Å²) >= 11 is 0. The first-order valence-electron chi connectivity index (χ1n) is 6.87. The summed E-state index contributed by atoms with van der Waals surface area (Å²) in [5.41, 5.74) is 2.44. The fourth-order valence-corrected chi connectivity index (χ4v) is 3.13. The zero-order chi connectivity index (χ0) is 12.5. The Kier molecular flexibility index (Phi) is 3.08. The summed E-state index contributed by atoms with van der Waals surface area (Å²) in [6.45, 7) is 1.90.